The zero-order valence-corrected chi connectivity index (χ0v) is 6.75. The van der Waals surface area contributed by atoms with Gasteiger partial charge in [-0.15, -0.1) is 0 Å². The molecule has 0 aliphatic carbocycles. The summed E-state index contributed by atoms with van der Waals surface area (Å²) in [5, 5.41) is 8.86. The Bertz CT molecular complexity index is 112. The lowest BCUT2D eigenvalue weighted by Crippen LogP contribution is -1.96. The molecule has 0 bridgehead atoms. The minimum Gasteiger partial charge on any atom is -0.393 e. The molecular weight excluding hydrogens is 124 g/mol. The monoisotopic (exact) mass is 140 g/mol. The highest BCUT2D eigenvalue weighted by molar-refractivity contribution is 5.00. The van der Waals surface area contributed by atoms with E-state index in [-0.39, 0.29) is 6.10 Å². The lowest BCUT2D eigenvalue weighted by Gasteiger charge is -1.97. The first-order valence-electron chi connectivity index (χ1n) is 3.73. The van der Waals surface area contributed by atoms with Crippen molar-refractivity contribution in [3.8, 4) is 0 Å². The van der Waals surface area contributed by atoms with Crippen LogP contribution in [0.15, 0.2) is 24.3 Å². The first-order chi connectivity index (χ1) is 4.77. The maximum atomic E-state index is 8.86. The summed E-state index contributed by atoms with van der Waals surface area (Å²) in [5.41, 5.74) is 0. The number of hydrogen-bond acceptors (Lipinski definition) is 1. The lowest BCUT2D eigenvalue weighted by atomic mass is 10.2. The van der Waals surface area contributed by atoms with Gasteiger partial charge in [-0.3, -0.25) is 0 Å². The normalized spacial score (nSPS) is 15.1. The number of allylic oxidation sites excluding steroid dienone is 4. The minimum absolute atomic E-state index is 0.171. The molecule has 0 radical (unpaired) electrons. The Kier molecular flexibility index (Phi) is 6.19. The Morgan fingerprint density at radius 1 is 1.40 bits per heavy atom. The Morgan fingerprint density at radius 3 is 2.60 bits per heavy atom. The van der Waals surface area contributed by atoms with E-state index in [2.05, 4.69) is 6.08 Å². The summed E-state index contributed by atoms with van der Waals surface area (Å²) in [6, 6.07) is 0. The topological polar surface area (TPSA) is 20.2 Å². The van der Waals surface area contributed by atoms with E-state index in [1.807, 2.05) is 32.1 Å². The molecule has 0 aromatic carbocycles. The van der Waals surface area contributed by atoms with E-state index in [0.29, 0.717) is 0 Å². The van der Waals surface area contributed by atoms with Crippen LogP contribution < -0.4 is 0 Å². The van der Waals surface area contributed by atoms with Gasteiger partial charge < -0.3 is 5.11 Å². The molecule has 10 heavy (non-hydrogen) atoms. The number of rotatable bonds is 4. The van der Waals surface area contributed by atoms with E-state index < -0.39 is 0 Å². The maximum absolute atomic E-state index is 8.86. The molecule has 1 atom stereocenters. The average Bonchev–Trinajstić information content (AvgIpc) is 1.87. The van der Waals surface area contributed by atoms with E-state index in [4.69, 9.17) is 5.11 Å². The van der Waals surface area contributed by atoms with Gasteiger partial charge in [-0.1, -0.05) is 24.3 Å². The molecule has 0 heterocycles. The van der Waals surface area contributed by atoms with Crippen LogP contribution in [0.5, 0.6) is 0 Å². The Balaban J connectivity index is 3.18. The third kappa shape index (κ3) is 7.44. The molecule has 0 saturated carbocycles. The minimum atomic E-state index is -0.171. The van der Waals surface area contributed by atoms with Crippen molar-refractivity contribution in [1.29, 1.82) is 0 Å². The van der Waals surface area contributed by atoms with Gasteiger partial charge in [0.2, 0.25) is 0 Å². The van der Waals surface area contributed by atoms with Gasteiger partial charge in [-0.2, -0.15) is 0 Å². The van der Waals surface area contributed by atoms with Crippen LogP contribution in [0.3, 0.4) is 0 Å². The molecular formula is C9H16O. The van der Waals surface area contributed by atoms with Gasteiger partial charge in [0, 0.05) is 0 Å². The summed E-state index contributed by atoms with van der Waals surface area (Å²) in [7, 11) is 0. The molecule has 0 aliphatic heterocycles. The highest BCUT2D eigenvalue weighted by Crippen LogP contribution is 1.96. The van der Waals surface area contributed by atoms with Crippen molar-refractivity contribution in [3.05, 3.63) is 24.3 Å². The first kappa shape index (κ1) is 9.44. The fraction of sp³-hybridized carbons (Fsp3) is 0.556. The smallest absolute Gasteiger partial charge is 0.0515 e. The highest BCUT2D eigenvalue weighted by Gasteiger charge is 1.89. The molecule has 0 rings (SSSR count). The molecule has 0 fully saturated rings. The van der Waals surface area contributed by atoms with Crippen molar-refractivity contribution in [3.63, 3.8) is 0 Å². The average molecular weight is 140 g/mol. The van der Waals surface area contributed by atoms with Gasteiger partial charge in [-0.05, 0) is 26.7 Å². The van der Waals surface area contributed by atoms with Gasteiger partial charge in [0.25, 0.3) is 0 Å². The van der Waals surface area contributed by atoms with E-state index in [1.54, 1.807) is 0 Å². The Morgan fingerprint density at radius 2 is 2.10 bits per heavy atom. The molecule has 1 heteroatoms. The Labute approximate surface area is 63.1 Å². The molecule has 58 valence electrons. The van der Waals surface area contributed by atoms with Crippen LogP contribution in [0.4, 0.5) is 0 Å². The standard InChI is InChI=1S/C9H16O/c1-3-4-5-6-7-8-9(2)10/h3-6,9-10H,7-8H2,1-2H3/b4-3+,6-5+. The van der Waals surface area contributed by atoms with Crippen molar-refractivity contribution in [2.75, 3.05) is 0 Å². The molecule has 1 unspecified atom stereocenters. The van der Waals surface area contributed by atoms with E-state index in [9.17, 15) is 0 Å². The quantitative estimate of drug-likeness (QED) is 0.594. The van der Waals surface area contributed by atoms with Gasteiger partial charge in [0.15, 0.2) is 0 Å². The molecule has 0 aliphatic rings. The largest absolute Gasteiger partial charge is 0.393 e. The van der Waals surface area contributed by atoms with Crippen LogP contribution in [0, 0.1) is 0 Å². The van der Waals surface area contributed by atoms with Crippen molar-refractivity contribution in [2.24, 2.45) is 0 Å². The van der Waals surface area contributed by atoms with Crippen LogP contribution in [-0.2, 0) is 0 Å². The molecule has 0 aromatic heterocycles. The highest BCUT2D eigenvalue weighted by atomic mass is 16.3. The first-order valence-corrected chi connectivity index (χ1v) is 3.73. The summed E-state index contributed by atoms with van der Waals surface area (Å²) in [4.78, 5) is 0. The second kappa shape index (κ2) is 6.56. The van der Waals surface area contributed by atoms with Gasteiger partial charge in [0.1, 0.15) is 0 Å². The number of aliphatic hydroxyl groups is 1. The third-order valence-corrected chi connectivity index (χ3v) is 1.19. The van der Waals surface area contributed by atoms with Gasteiger partial charge in [0.05, 0.1) is 6.10 Å². The van der Waals surface area contributed by atoms with Gasteiger partial charge >= 0.3 is 0 Å². The lowest BCUT2D eigenvalue weighted by molar-refractivity contribution is 0.186. The molecule has 1 N–H and O–H groups in total. The Hall–Kier alpha value is -0.560. The fourth-order valence-corrected chi connectivity index (χ4v) is 0.623. The maximum Gasteiger partial charge on any atom is 0.0515 e. The summed E-state index contributed by atoms with van der Waals surface area (Å²) >= 11 is 0. The number of aliphatic hydroxyl groups excluding tert-OH is 1. The van der Waals surface area contributed by atoms with E-state index in [0.717, 1.165) is 12.8 Å². The van der Waals surface area contributed by atoms with Crippen LogP contribution in [0.25, 0.3) is 0 Å². The van der Waals surface area contributed by atoms with Crippen LogP contribution in [0.2, 0.25) is 0 Å². The molecule has 0 aromatic rings. The van der Waals surface area contributed by atoms with Crippen LogP contribution in [-0.4, -0.2) is 11.2 Å². The van der Waals surface area contributed by atoms with Crippen molar-refractivity contribution < 1.29 is 5.11 Å². The van der Waals surface area contributed by atoms with E-state index >= 15 is 0 Å². The second-order valence-corrected chi connectivity index (χ2v) is 2.38. The number of hydrogen-bond donors (Lipinski definition) is 1. The second-order valence-electron chi connectivity index (χ2n) is 2.38. The molecule has 0 saturated heterocycles. The third-order valence-electron chi connectivity index (χ3n) is 1.19. The predicted molar refractivity (Wildman–Crippen MR) is 44.9 cm³/mol. The van der Waals surface area contributed by atoms with E-state index in [1.165, 1.54) is 0 Å². The molecule has 0 spiro atoms. The van der Waals surface area contributed by atoms with Crippen molar-refractivity contribution in [1.82, 2.24) is 0 Å². The fourth-order valence-electron chi connectivity index (χ4n) is 0.623. The zero-order chi connectivity index (χ0) is 7.82. The summed E-state index contributed by atoms with van der Waals surface area (Å²) in [6.07, 6.45) is 9.68. The van der Waals surface area contributed by atoms with Crippen molar-refractivity contribution in [2.45, 2.75) is 32.8 Å². The van der Waals surface area contributed by atoms with Gasteiger partial charge in [-0.25, -0.2) is 0 Å². The summed E-state index contributed by atoms with van der Waals surface area (Å²) < 4.78 is 0. The molecule has 0 amide bonds. The molecule has 1 nitrogen and oxygen atoms in total. The summed E-state index contributed by atoms with van der Waals surface area (Å²) in [6.45, 7) is 3.79. The SMILES string of the molecule is C/C=C/C=C/CCC(C)O. The predicted octanol–water partition coefficient (Wildman–Crippen LogP) is 2.28. The summed E-state index contributed by atoms with van der Waals surface area (Å²) in [5.74, 6) is 0. The van der Waals surface area contributed by atoms with Crippen LogP contribution >= 0.6 is 0 Å². The van der Waals surface area contributed by atoms with Crippen molar-refractivity contribution >= 4 is 0 Å². The van der Waals surface area contributed by atoms with Crippen LogP contribution in [0.1, 0.15) is 26.7 Å². The zero-order valence-electron chi connectivity index (χ0n) is 6.75.